The van der Waals surface area contributed by atoms with E-state index in [0.29, 0.717) is 0 Å². The lowest BCUT2D eigenvalue weighted by Gasteiger charge is -1.96. The van der Waals surface area contributed by atoms with Crippen LogP contribution < -0.4 is 5.32 Å². The second kappa shape index (κ2) is 4.89. The molecule has 0 fully saturated rings. The van der Waals surface area contributed by atoms with E-state index in [0.717, 1.165) is 13.3 Å². The molecule has 0 spiro atoms. The molecule has 0 saturated heterocycles. The number of aliphatic imine (C=N–C) groups is 1. The number of aliphatic hydroxyl groups is 1. The summed E-state index contributed by atoms with van der Waals surface area (Å²) in [5.41, 5.74) is 7.79. The van der Waals surface area contributed by atoms with Crippen molar-refractivity contribution in [2.75, 3.05) is 7.11 Å². The average molecular weight is 170 g/mol. The van der Waals surface area contributed by atoms with E-state index in [1.165, 1.54) is 0 Å². The van der Waals surface area contributed by atoms with Crippen molar-refractivity contribution in [3.8, 4) is 0 Å². The molecule has 64 valence electrons. The lowest BCUT2D eigenvalue weighted by molar-refractivity contribution is -0.117. The SMILES string of the molecule is CO.[N-]=[N+]=C1C=NC(=O)NC1=O. The minimum atomic E-state index is -0.752. The van der Waals surface area contributed by atoms with Gasteiger partial charge >= 0.3 is 17.6 Å². The molecular formula is C5H6N4O3. The average Bonchev–Trinajstić information content (AvgIpc) is 2.08. The van der Waals surface area contributed by atoms with Crippen LogP contribution in [0.1, 0.15) is 0 Å². The highest BCUT2D eigenvalue weighted by molar-refractivity contribution is 6.61. The molecule has 0 aromatic rings. The number of carbonyl (C=O) groups excluding carboxylic acids is 2. The van der Waals surface area contributed by atoms with E-state index in [4.69, 9.17) is 10.6 Å². The van der Waals surface area contributed by atoms with Gasteiger partial charge < -0.3 is 10.6 Å². The fourth-order valence-electron chi connectivity index (χ4n) is 0.443. The van der Waals surface area contributed by atoms with E-state index >= 15 is 0 Å². The highest BCUT2D eigenvalue weighted by atomic mass is 16.2. The van der Waals surface area contributed by atoms with Crippen molar-refractivity contribution in [3.05, 3.63) is 5.53 Å². The molecule has 1 aliphatic rings. The van der Waals surface area contributed by atoms with Crippen molar-refractivity contribution in [2.24, 2.45) is 4.99 Å². The van der Waals surface area contributed by atoms with Crippen LogP contribution in [0.2, 0.25) is 0 Å². The molecule has 0 bridgehead atoms. The first kappa shape index (κ1) is 10.2. The number of aliphatic hydroxyl groups excluding tert-OH is 1. The van der Waals surface area contributed by atoms with Crippen LogP contribution in [0.5, 0.6) is 0 Å². The minimum absolute atomic E-state index is 0.278. The third kappa shape index (κ3) is 2.41. The van der Waals surface area contributed by atoms with Gasteiger partial charge in [0.1, 0.15) is 6.21 Å². The van der Waals surface area contributed by atoms with Crippen LogP contribution in [0.4, 0.5) is 4.79 Å². The predicted octanol–water partition coefficient (Wildman–Crippen LogP) is -1.41. The van der Waals surface area contributed by atoms with Crippen LogP contribution >= 0.6 is 0 Å². The van der Waals surface area contributed by atoms with Crippen molar-refractivity contribution in [1.82, 2.24) is 5.32 Å². The zero-order valence-corrected chi connectivity index (χ0v) is 6.18. The van der Waals surface area contributed by atoms with Crippen molar-refractivity contribution < 1.29 is 19.5 Å². The molecule has 3 amide bonds. The number of hydrogen-bond donors (Lipinski definition) is 2. The van der Waals surface area contributed by atoms with Gasteiger partial charge in [0, 0.05) is 7.11 Å². The molecule has 1 heterocycles. The smallest absolute Gasteiger partial charge is 0.397 e. The van der Waals surface area contributed by atoms with Gasteiger partial charge in [0.2, 0.25) is 0 Å². The number of urea groups is 1. The third-order valence-corrected chi connectivity index (χ3v) is 0.865. The van der Waals surface area contributed by atoms with Gasteiger partial charge in [-0.1, -0.05) is 0 Å². The van der Waals surface area contributed by atoms with Crippen molar-refractivity contribution in [2.45, 2.75) is 0 Å². The lowest BCUT2D eigenvalue weighted by Crippen LogP contribution is -2.39. The molecular weight excluding hydrogens is 164 g/mol. The first-order chi connectivity index (χ1) is 5.74. The van der Waals surface area contributed by atoms with E-state index in [1.807, 2.05) is 5.32 Å². The van der Waals surface area contributed by atoms with Gasteiger partial charge in [0.25, 0.3) is 0 Å². The normalized spacial score (nSPS) is 14.3. The summed E-state index contributed by atoms with van der Waals surface area (Å²) in [6.45, 7) is 0. The number of imide groups is 1. The Morgan fingerprint density at radius 1 is 1.58 bits per heavy atom. The Labute approximate surface area is 67.3 Å². The summed E-state index contributed by atoms with van der Waals surface area (Å²) < 4.78 is 0. The molecule has 2 N–H and O–H groups in total. The van der Waals surface area contributed by atoms with Crippen molar-refractivity contribution in [1.29, 1.82) is 0 Å². The largest absolute Gasteiger partial charge is 0.400 e. The Bertz CT molecular complexity index is 276. The van der Waals surface area contributed by atoms with E-state index in [2.05, 4.69) is 9.78 Å². The summed E-state index contributed by atoms with van der Waals surface area (Å²) in [6.07, 6.45) is 0.890. The molecule has 12 heavy (non-hydrogen) atoms. The quantitative estimate of drug-likeness (QED) is 0.343. The van der Waals surface area contributed by atoms with E-state index in [-0.39, 0.29) is 5.71 Å². The summed E-state index contributed by atoms with van der Waals surface area (Å²) in [5.74, 6) is -0.748. The fourth-order valence-corrected chi connectivity index (χ4v) is 0.443. The topological polar surface area (TPSA) is 115 Å². The van der Waals surface area contributed by atoms with E-state index < -0.39 is 11.9 Å². The Morgan fingerprint density at radius 2 is 2.17 bits per heavy atom. The molecule has 7 heteroatoms. The molecule has 7 nitrogen and oxygen atoms in total. The van der Waals surface area contributed by atoms with Gasteiger partial charge in [-0.25, -0.2) is 4.79 Å². The number of amides is 3. The Balaban J connectivity index is 0.000000561. The maximum atomic E-state index is 10.5. The molecule has 0 radical (unpaired) electrons. The molecule has 0 aromatic heterocycles. The standard InChI is InChI=1S/C4H2N4O2.CH4O/c5-8-2-1-6-4(10)7-3(2)9;1-2/h1H,(H,7,9,10);2H,1H3. The molecule has 0 aliphatic carbocycles. The number of carbonyl (C=O) groups is 2. The Kier molecular flexibility index (Phi) is 4.13. The van der Waals surface area contributed by atoms with Gasteiger partial charge in [-0.2, -0.15) is 9.78 Å². The predicted molar refractivity (Wildman–Crippen MR) is 38.8 cm³/mol. The summed E-state index contributed by atoms with van der Waals surface area (Å²) in [7, 11) is 1.00. The molecule has 1 rings (SSSR count). The molecule has 0 aromatic carbocycles. The van der Waals surface area contributed by atoms with Crippen LogP contribution in [0.25, 0.3) is 5.53 Å². The molecule has 0 atom stereocenters. The summed E-state index contributed by atoms with van der Waals surface area (Å²) in [5, 5.41) is 8.81. The highest BCUT2D eigenvalue weighted by Crippen LogP contribution is 1.82. The van der Waals surface area contributed by atoms with Crippen LogP contribution in [0.15, 0.2) is 4.99 Å². The number of nitrogens with one attached hydrogen (secondary N) is 1. The van der Waals surface area contributed by atoms with E-state index in [9.17, 15) is 9.59 Å². The first-order valence-electron chi connectivity index (χ1n) is 2.80. The van der Waals surface area contributed by atoms with Crippen molar-refractivity contribution >= 4 is 23.9 Å². The Morgan fingerprint density at radius 3 is 2.58 bits per heavy atom. The van der Waals surface area contributed by atoms with Gasteiger partial charge in [0.05, 0.1) is 0 Å². The van der Waals surface area contributed by atoms with Gasteiger partial charge in [-0.05, 0) is 0 Å². The van der Waals surface area contributed by atoms with Gasteiger partial charge in [-0.15, -0.1) is 0 Å². The second-order valence-corrected chi connectivity index (χ2v) is 1.50. The van der Waals surface area contributed by atoms with Crippen LogP contribution in [-0.4, -0.2) is 40.9 Å². The first-order valence-corrected chi connectivity index (χ1v) is 2.80. The fraction of sp³-hybridized carbons (Fsp3) is 0.200. The van der Waals surface area contributed by atoms with Crippen molar-refractivity contribution in [3.63, 3.8) is 0 Å². The van der Waals surface area contributed by atoms with Gasteiger partial charge in [0.15, 0.2) is 0 Å². The monoisotopic (exact) mass is 170 g/mol. The maximum Gasteiger partial charge on any atom is 0.397 e. The van der Waals surface area contributed by atoms with E-state index in [1.54, 1.807) is 0 Å². The zero-order valence-electron chi connectivity index (χ0n) is 6.18. The summed E-state index contributed by atoms with van der Waals surface area (Å²) >= 11 is 0. The maximum absolute atomic E-state index is 10.5. The Hall–Kier alpha value is -1.85. The summed E-state index contributed by atoms with van der Waals surface area (Å²) in [6, 6.07) is -0.752. The number of rotatable bonds is 0. The zero-order chi connectivity index (χ0) is 9.56. The third-order valence-electron chi connectivity index (χ3n) is 0.865. The summed E-state index contributed by atoms with van der Waals surface area (Å²) in [4.78, 5) is 26.5. The van der Waals surface area contributed by atoms with Gasteiger partial charge in [-0.3, -0.25) is 10.1 Å². The van der Waals surface area contributed by atoms with Crippen LogP contribution in [0, 0.1) is 0 Å². The lowest BCUT2D eigenvalue weighted by atomic mass is 10.3. The minimum Gasteiger partial charge on any atom is -0.400 e. The highest BCUT2D eigenvalue weighted by Gasteiger charge is 2.24. The van der Waals surface area contributed by atoms with Crippen LogP contribution in [0.3, 0.4) is 0 Å². The molecule has 1 aliphatic heterocycles. The number of nitrogens with zero attached hydrogens (tertiary/aromatic N) is 3. The van der Waals surface area contributed by atoms with Crippen LogP contribution in [-0.2, 0) is 4.79 Å². The second-order valence-electron chi connectivity index (χ2n) is 1.50. The molecule has 0 unspecified atom stereocenters. The molecule has 0 saturated carbocycles. The number of hydrogen-bond acceptors (Lipinski definition) is 3.